The van der Waals surface area contributed by atoms with E-state index < -0.39 is 28.8 Å². The van der Waals surface area contributed by atoms with Gasteiger partial charge in [-0.25, -0.2) is 4.90 Å². The molecule has 0 N–H and O–H groups in total. The van der Waals surface area contributed by atoms with E-state index in [1.807, 2.05) is 0 Å². The number of carbonyl (C=O) groups excluding carboxylic acids is 2. The molecule has 148 valence electrons. The Balaban J connectivity index is 1.74. The van der Waals surface area contributed by atoms with Crippen molar-refractivity contribution in [1.29, 1.82) is 0 Å². The first-order valence-electron chi connectivity index (χ1n) is 8.54. The lowest BCUT2D eigenvalue weighted by molar-refractivity contribution is -0.385. The normalized spacial score (nSPS) is 20.4. The van der Waals surface area contributed by atoms with Crippen LogP contribution < -0.4 is 9.64 Å². The second-order valence-electron chi connectivity index (χ2n) is 6.57. The van der Waals surface area contributed by atoms with Crippen LogP contribution in [0, 0.1) is 23.0 Å². The maximum atomic E-state index is 13.2. The van der Waals surface area contributed by atoms with E-state index in [0.29, 0.717) is 16.8 Å². The predicted molar refractivity (Wildman–Crippen MR) is 106 cm³/mol. The molecule has 0 spiro atoms. The number of hydrogen-bond acceptors (Lipinski definition) is 7. The molecule has 2 aromatic rings. The van der Waals surface area contributed by atoms with Gasteiger partial charge in [0.05, 0.1) is 17.7 Å². The third-order valence-corrected chi connectivity index (χ3v) is 5.42. The van der Waals surface area contributed by atoms with Gasteiger partial charge in [-0.2, -0.15) is 0 Å². The van der Waals surface area contributed by atoms with Gasteiger partial charge in [0.15, 0.2) is 5.75 Å². The lowest BCUT2D eigenvalue weighted by Gasteiger charge is -2.18. The Morgan fingerprint density at radius 3 is 2.52 bits per heavy atom. The molecule has 0 aromatic heterocycles. The van der Waals surface area contributed by atoms with E-state index in [4.69, 9.17) is 9.57 Å². The Morgan fingerprint density at radius 2 is 1.90 bits per heavy atom. The fourth-order valence-electron chi connectivity index (χ4n) is 3.48. The van der Waals surface area contributed by atoms with Crippen molar-refractivity contribution in [3.8, 4) is 5.75 Å². The van der Waals surface area contributed by atoms with E-state index in [1.165, 1.54) is 19.2 Å². The first-order valence-corrected chi connectivity index (χ1v) is 9.33. The fourth-order valence-corrected chi connectivity index (χ4v) is 3.75. The standard InChI is InChI=1S/C19H14BrN3O6/c1-9-7-13(23(26)27)14(28-2)8-12(9)22-18(24)15-16(21-29-17(15)19(22)25)10-3-5-11(20)6-4-10/h3-8,15,17H,1-2H3. The van der Waals surface area contributed by atoms with Crippen molar-refractivity contribution < 1.29 is 24.1 Å². The minimum atomic E-state index is -1.07. The Morgan fingerprint density at radius 1 is 1.21 bits per heavy atom. The molecule has 0 aliphatic carbocycles. The number of benzene rings is 2. The van der Waals surface area contributed by atoms with Gasteiger partial charge in [0.2, 0.25) is 12.0 Å². The van der Waals surface area contributed by atoms with Crippen LogP contribution in [0.25, 0.3) is 0 Å². The van der Waals surface area contributed by atoms with E-state index >= 15 is 0 Å². The summed E-state index contributed by atoms with van der Waals surface area (Å²) in [6.07, 6.45) is -1.07. The van der Waals surface area contributed by atoms with Crippen molar-refractivity contribution in [2.24, 2.45) is 11.1 Å². The largest absolute Gasteiger partial charge is 0.490 e. The summed E-state index contributed by atoms with van der Waals surface area (Å²) >= 11 is 3.35. The zero-order valence-corrected chi connectivity index (χ0v) is 16.9. The SMILES string of the molecule is COc1cc(N2C(=O)C3ON=C(c4ccc(Br)cc4)C3C2=O)c(C)cc1[N+](=O)[O-]. The molecule has 0 bridgehead atoms. The Kier molecular flexibility index (Phi) is 4.58. The van der Waals surface area contributed by atoms with Crippen LogP contribution in [0.5, 0.6) is 5.75 Å². The van der Waals surface area contributed by atoms with E-state index in [0.717, 1.165) is 9.37 Å². The van der Waals surface area contributed by atoms with Gasteiger partial charge in [0, 0.05) is 22.2 Å². The van der Waals surface area contributed by atoms with Crippen molar-refractivity contribution in [2.45, 2.75) is 13.0 Å². The Labute approximate surface area is 173 Å². The quantitative estimate of drug-likeness (QED) is 0.394. The molecule has 2 atom stereocenters. The lowest BCUT2D eigenvalue weighted by Crippen LogP contribution is -2.33. The van der Waals surface area contributed by atoms with E-state index in [9.17, 15) is 19.7 Å². The van der Waals surface area contributed by atoms with Gasteiger partial charge in [-0.15, -0.1) is 0 Å². The number of amides is 2. The maximum Gasteiger partial charge on any atom is 0.311 e. The average Bonchev–Trinajstić information content (AvgIpc) is 3.23. The van der Waals surface area contributed by atoms with Crippen molar-refractivity contribution in [1.82, 2.24) is 0 Å². The first kappa shape index (κ1) is 19.1. The molecule has 2 heterocycles. The van der Waals surface area contributed by atoms with Gasteiger partial charge >= 0.3 is 5.69 Å². The lowest BCUT2D eigenvalue weighted by atomic mass is 9.94. The van der Waals surface area contributed by atoms with Gasteiger partial charge in [-0.1, -0.05) is 33.2 Å². The smallest absolute Gasteiger partial charge is 0.311 e. The zero-order valence-electron chi connectivity index (χ0n) is 15.3. The number of ether oxygens (including phenoxy) is 1. The topological polar surface area (TPSA) is 111 Å². The number of imide groups is 1. The number of anilines is 1. The fraction of sp³-hybridized carbons (Fsp3) is 0.211. The molecule has 10 heteroatoms. The number of aryl methyl sites for hydroxylation is 1. The highest BCUT2D eigenvalue weighted by Gasteiger charge is 2.56. The summed E-state index contributed by atoms with van der Waals surface area (Å²) in [5.41, 5.74) is 1.40. The Hall–Kier alpha value is -3.27. The van der Waals surface area contributed by atoms with Crippen molar-refractivity contribution >= 4 is 44.8 Å². The number of rotatable bonds is 4. The highest BCUT2D eigenvalue weighted by molar-refractivity contribution is 9.10. The third kappa shape index (κ3) is 2.96. The van der Waals surface area contributed by atoms with Crippen LogP contribution in [0.4, 0.5) is 11.4 Å². The maximum absolute atomic E-state index is 13.2. The van der Waals surface area contributed by atoms with Crippen LogP contribution in [0.2, 0.25) is 0 Å². The van der Waals surface area contributed by atoms with E-state index in [-0.39, 0.29) is 17.1 Å². The first-order chi connectivity index (χ1) is 13.8. The highest BCUT2D eigenvalue weighted by atomic mass is 79.9. The molecule has 2 amide bonds. The number of fused-ring (bicyclic) bond motifs is 1. The number of oxime groups is 1. The van der Waals surface area contributed by atoms with Crippen molar-refractivity contribution in [3.63, 3.8) is 0 Å². The monoisotopic (exact) mass is 459 g/mol. The number of methoxy groups -OCH3 is 1. The summed E-state index contributed by atoms with van der Waals surface area (Å²) in [5.74, 6) is -2.01. The molecule has 2 unspecified atom stereocenters. The van der Waals surface area contributed by atoms with Crippen molar-refractivity contribution in [2.75, 3.05) is 12.0 Å². The van der Waals surface area contributed by atoms with Crippen molar-refractivity contribution in [3.05, 3.63) is 62.1 Å². The third-order valence-electron chi connectivity index (χ3n) is 4.89. The minimum Gasteiger partial charge on any atom is -0.490 e. The number of nitrogens with zero attached hydrogens (tertiary/aromatic N) is 3. The van der Waals surface area contributed by atoms with Crippen LogP contribution in [0.3, 0.4) is 0 Å². The molecule has 2 aromatic carbocycles. The second kappa shape index (κ2) is 6.96. The molecule has 4 rings (SSSR count). The molecule has 1 saturated heterocycles. The zero-order chi connectivity index (χ0) is 20.9. The number of carbonyl (C=O) groups is 2. The average molecular weight is 460 g/mol. The van der Waals surface area contributed by atoms with E-state index in [1.54, 1.807) is 31.2 Å². The molecule has 0 radical (unpaired) electrons. The van der Waals surface area contributed by atoms with Crippen LogP contribution >= 0.6 is 15.9 Å². The predicted octanol–water partition coefficient (Wildman–Crippen LogP) is 2.97. The summed E-state index contributed by atoms with van der Waals surface area (Å²) in [5, 5.41) is 15.2. The Bertz CT molecular complexity index is 1080. The second-order valence-corrected chi connectivity index (χ2v) is 7.48. The molecule has 0 saturated carbocycles. The summed E-state index contributed by atoms with van der Waals surface area (Å²) in [6.45, 7) is 1.58. The minimum absolute atomic E-state index is 0.0454. The number of nitro benzene ring substituents is 1. The van der Waals surface area contributed by atoms with Gasteiger partial charge in [-0.3, -0.25) is 19.7 Å². The highest BCUT2D eigenvalue weighted by Crippen LogP contribution is 2.40. The van der Waals surface area contributed by atoms with Gasteiger partial charge in [0.1, 0.15) is 11.6 Å². The molecule has 1 fully saturated rings. The molecular formula is C19H14BrN3O6. The molecule has 2 aliphatic heterocycles. The van der Waals surface area contributed by atoms with Crippen LogP contribution in [0.15, 0.2) is 46.0 Å². The number of hydrogen-bond donors (Lipinski definition) is 0. The van der Waals surface area contributed by atoms with Crippen LogP contribution in [-0.4, -0.2) is 35.7 Å². The van der Waals surface area contributed by atoms with Gasteiger partial charge in [0.25, 0.3) is 5.91 Å². The molecule has 9 nitrogen and oxygen atoms in total. The molecular weight excluding hydrogens is 446 g/mol. The molecule has 29 heavy (non-hydrogen) atoms. The summed E-state index contributed by atoms with van der Waals surface area (Å²) in [7, 11) is 1.28. The van der Waals surface area contributed by atoms with Gasteiger partial charge < -0.3 is 9.57 Å². The number of nitro groups is 1. The molecule has 2 aliphatic rings. The van der Waals surface area contributed by atoms with Crippen LogP contribution in [0.1, 0.15) is 11.1 Å². The van der Waals surface area contributed by atoms with Gasteiger partial charge in [-0.05, 0) is 24.6 Å². The van der Waals surface area contributed by atoms with Crippen LogP contribution in [-0.2, 0) is 14.4 Å². The summed E-state index contributed by atoms with van der Waals surface area (Å²) in [6, 6.07) is 9.74. The summed E-state index contributed by atoms with van der Waals surface area (Å²) < 4.78 is 5.94. The summed E-state index contributed by atoms with van der Waals surface area (Å²) in [4.78, 5) is 43.0. The van der Waals surface area contributed by atoms with E-state index in [2.05, 4.69) is 21.1 Å². The number of halogens is 1.